The van der Waals surface area contributed by atoms with E-state index >= 15 is 0 Å². The molecule has 3 rings (SSSR count). The van der Waals surface area contributed by atoms with Gasteiger partial charge in [-0.15, -0.1) is 0 Å². The van der Waals surface area contributed by atoms with E-state index in [-0.39, 0.29) is 11.8 Å². The van der Waals surface area contributed by atoms with Gasteiger partial charge in [0.05, 0.1) is 12.2 Å². The first-order chi connectivity index (χ1) is 14.3. The first-order valence-corrected chi connectivity index (χ1v) is 9.45. The number of hydrogen-bond donors (Lipinski definition) is 3. The van der Waals surface area contributed by atoms with Gasteiger partial charge in [0.1, 0.15) is 11.9 Å². The molecule has 0 bridgehead atoms. The van der Waals surface area contributed by atoms with Crippen molar-refractivity contribution in [3.63, 3.8) is 0 Å². The van der Waals surface area contributed by atoms with Gasteiger partial charge in [-0.05, 0) is 38.5 Å². The first kappa shape index (κ1) is 22.5. The van der Waals surface area contributed by atoms with E-state index in [1.807, 2.05) is 13.8 Å². The second-order valence-corrected chi connectivity index (χ2v) is 8.39. The summed E-state index contributed by atoms with van der Waals surface area (Å²) in [5.74, 6) is 0.287. The van der Waals surface area contributed by atoms with Crippen LogP contribution in [-0.4, -0.2) is 40.7 Å². The first-order valence-electron chi connectivity index (χ1n) is 9.45. The summed E-state index contributed by atoms with van der Waals surface area (Å²) < 4.78 is 53.6. The Labute approximate surface area is 175 Å². The van der Waals surface area contributed by atoms with Gasteiger partial charge in [-0.3, -0.25) is 14.8 Å². The molecule has 0 radical (unpaired) electrons. The molecular weight excluding hydrogens is 421 g/mol. The number of carbonyl (C=O) groups is 1. The van der Waals surface area contributed by atoms with E-state index in [0.29, 0.717) is 30.2 Å². The quantitative estimate of drug-likeness (QED) is 0.642. The number of benzene rings is 1. The number of aromatic amines is 1. The van der Waals surface area contributed by atoms with Crippen LogP contribution in [0, 0.1) is 0 Å². The van der Waals surface area contributed by atoms with Gasteiger partial charge in [-0.1, -0.05) is 19.0 Å². The Morgan fingerprint density at radius 1 is 1.29 bits per heavy atom. The van der Waals surface area contributed by atoms with Gasteiger partial charge >= 0.3 is 18.0 Å². The Morgan fingerprint density at radius 3 is 2.61 bits per heavy atom. The Morgan fingerprint density at radius 2 is 2.00 bits per heavy atom. The monoisotopic (exact) mass is 444 g/mol. The highest BCUT2D eigenvalue weighted by Gasteiger charge is 2.51. The van der Waals surface area contributed by atoms with E-state index < -0.39 is 29.0 Å². The molecule has 0 spiro atoms. The van der Waals surface area contributed by atoms with Crippen LogP contribution in [0.25, 0.3) is 0 Å². The van der Waals surface area contributed by atoms with Crippen molar-refractivity contribution in [1.82, 2.24) is 10.1 Å². The number of halogens is 3. The van der Waals surface area contributed by atoms with Gasteiger partial charge in [0.2, 0.25) is 5.60 Å². The predicted molar refractivity (Wildman–Crippen MR) is 104 cm³/mol. The minimum atomic E-state index is -4.70. The summed E-state index contributed by atoms with van der Waals surface area (Å²) in [4.78, 5) is 25.6. The fourth-order valence-electron chi connectivity index (χ4n) is 3.03. The summed E-state index contributed by atoms with van der Waals surface area (Å²) in [6, 6.07) is 4.61. The molecule has 0 saturated heterocycles. The molecule has 0 unspecified atom stereocenters. The van der Waals surface area contributed by atoms with Gasteiger partial charge in [0, 0.05) is 11.1 Å². The number of rotatable bonds is 5. The number of fused-ring (bicyclic) bond motifs is 1. The van der Waals surface area contributed by atoms with E-state index in [1.165, 1.54) is 12.1 Å². The number of nitrogens with one attached hydrogen (secondary N) is 3. The van der Waals surface area contributed by atoms with Gasteiger partial charge in [0.25, 0.3) is 0 Å². The van der Waals surface area contributed by atoms with Crippen molar-refractivity contribution < 1.29 is 32.0 Å². The number of aromatic nitrogens is 2. The number of ether oxygens (including phenoxy) is 2. The molecule has 0 saturated carbocycles. The summed E-state index contributed by atoms with van der Waals surface area (Å²) in [5.41, 5.74) is -2.33. The summed E-state index contributed by atoms with van der Waals surface area (Å²) in [7, 11) is 0. The van der Waals surface area contributed by atoms with Crippen LogP contribution in [0.4, 0.5) is 29.3 Å². The molecule has 1 aromatic carbocycles. The molecule has 2 heterocycles. The predicted octanol–water partition coefficient (Wildman–Crippen LogP) is 3.79. The third kappa shape index (κ3) is 5.12. The highest BCUT2D eigenvalue weighted by Crippen LogP contribution is 2.36. The molecule has 0 aliphatic carbocycles. The molecule has 0 fully saturated rings. The minimum absolute atomic E-state index is 0.247. The lowest BCUT2D eigenvalue weighted by Gasteiger charge is -2.32. The Bertz CT molecular complexity index is 1010. The number of hydrogen-bond acceptors (Lipinski definition) is 7. The molecule has 1 amide bonds. The van der Waals surface area contributed by atoms with E-state index in [9.17, 15) is 22.8 Å². The average molecular weight is 444 g/mol. The zero-order valence-corrected chi connectivity index (χ0v) is 17.3. The molecule has 12 heteroatoms. The van der Waals surface area contributed by atoms with Gasteiger partial charge < -0.3 is 14.8 Å². The number of carbonyl (C=O) groups excluding carboxylic acids is 1. The minimum Gasteiger partial charge on any atom is -0.486 e. The zero-order valence-electron chi connectivity index (χ0n) is 17.3. The highest BCUT2D eigenvalue weighted by molar-refractivity contribution is 5.86. The fraction of sp³-hybridized carbons (Fsp3) is 0.526. The van der Waals surface area contributed by atoms with Crippen LogP contribution < -0.4 is 21.1 Å². The van der Waals surface area contributed by atoms with Crippen molar-refractivity contribution in [2.45, 2.75) is 57.4 Å². The second kappa shape index (κ2) is 7.82. The maximum atomic E-state index is 12.9. The lowest BCUT2D eigenvalue weighted by Crippen LogP contribution is -2.44. The highest BCUT2D eigenvalue weighted by atomic mass is 19.4. The van der Waals surface area contributed by atoms with E-state index in [1.54, 1.807) is 6.07 Å². The molecule has 31 heavy (non-hydrogen) atoms. The fourth-order valence-corrected chi connectivity index (χ4v) is 3.03. The lowest BCUT2D eigenvalue weighted by molar-refractivity contribution is -0.242. The summed E-state index contributed by atoms with van der Waals surface area (Å²) in [6.45, 7) is 5.74. The largest absolute Gasteiger partial charge is 0.486 e. The third-order valence-corrected chi connectivity index (χ3v) is 4.89. The normalized spacial score (nSPS) is 16.7. The van der Waals surface area contributed by atoms with E-state index in [4.69, 9.17) is 4.74 Å². The molecule has 9 nitrogen and oxygen atoms in total. The van der Waals surface area contributed by atoms with Crippen molar-refractivity contribution in [2.24, 2.45) is 0 Å². The Balaban J connectivity index is 1.63. The van der Waals surface area contributed by atoms with Gasteiger partial charge in [-0.2, -0.15) is 13.2 Å². The second-order valence-electron chi connectivity index (χ2n) is 8.39. The summed E-state index contributed by atoms with van der Waals surface area (Å²) in [6.07, 6.45) is -5.66. The van der Waals surface area contributed by atoms with E-state index in [0.717, 1.165) is 13.8 Å². The van der Waals surface area contributed by atoms with Crippen LogP contribution >= 0.6 is 0 Å². The van der Waals surface area contributed by atoms with Crippen LogP contribution in [0.1, 0.15) is 39.9 Å². The van der Waals surface area contributed by atoms with Crippen molar-refractivity contribution in [1.29, 1.82) is 0 Å². The number of alkyl halides is 3. The van der Waals surface area contributed by atoms with Gasteiger partial charge in [-0.25, -0.2) is 9.59 Å². The van der Waals surface area contributed by atoms with Gasteiger partial charge in [0.15, 0.2) is 5.82 Å². The van der Waals surface area contributed by atoms with Crippen molar-refractivity contribution in [3.8, 4) is 5.75 Å². The zero-order chi connectivity index (χ0) is 23.0. The number of anilines is 2. The number of H-pyrrole nitrogens is 1. The molecule has 1 atom stereocenters. The summed E-state index contributed by atoms with van der Waals surface area (Å²) >= 11 is 0. The molecular formula is C19H23F3N4O5. The van der Waals surface area contributed by atoms with Crippen LogP contribution in [0.2, 0.25) is 0 Å². The van der Waals surface area contributed by atoms with Crippen molar-refractivity contribution in [2.75, 3.05) is 17.2 Å². The molecule has 1 aliphatic rings. The molecule has 1 aromatic heterocycles. The van der Waals surface area contributed by atoms with Crippen LogP contribution in [0.3, 0.4) is 0 Å². The molecule has 2 aromatic rings. The number of nitrogens with zero attached hydrogens (tertiary/aromatic N) is 1. The lowest BCUT2D eigenvalue weighted by atomic mass is 9.85. The Hall–Kier alpha value is -3.18. The van der Waals surface area contributed by atoms with Crippen LogP contribution in [-0.2, 0) is 10.2 Å². The number of amides is 1. The summed E-state index contributed by atoms with van der Waals surface area (Å²) in [5, 5.41) is 9.18. The SMILES string of the molecule is CC(C)(C[C@@H]1CNc2cc(NC(=O)OC(C)(C)C(F)(F)F)ccc2O1)c1noc(=O)[nH]1. The van der Waals surface area contributed by atoms with Crippen LogP contribution in [0.15, 0.2) is 27.5 Å². The van der Waals surface area contributed by atoms with E-state index in [2.05, 4.69) is 30.0 Å². The topological polar surface area (TPSA) is 118 Å². The average Bonchev–Trinajstić information content (AvgIpc) is 3.07. The standard InChI is InChI=1S/C19H23F3N4O5/c1-17(2,14-25-16(28)31-26-14)8-11-9-23-12-7-10(5-6-13(12)29-11)24-15(27)30-18(3,4)19(20,21)22/h5-7,11,23H,8-9H2,1-4H3,(H,24,27)(H,25,26,28)/t11-/m1/s1. The van der Waals surface area contributed by atoms with Crippen molar-refractivity contribution in [3.05, 3.63) is 34.6 Å². The molecule has 170 valence electrons. The van der Waals surface area contributed by atoms with Crippen LogP contribution in [0.5, 0.6) is 5.75 Å². The van der Waals surface area contributed by atoms with Crippen molar-refractivity contribution >= 4 is 17.5 Å². The third-order valence-electron chi connectivity index (χ3n) is 4.89. The Kier molecular flexibility index (Phi) is 5.68. The molecule has 1 aliphatic heterocycles. The smallest absolute Gasteiger partial charge is 0.438 e. The molecule has 3 N–H and O–H groups in total. The maximum Gasteiger partial charge on any atom is 0.438 e. The maximum absolute atomic E-state index is 12.9.